The van der Waals surface area contributed by atoms with Crippen molar-refractivity contribution in [3.8, 4) is 0 Å². The third-order valence-electron chi connectivity index (χ3n) is 3.61. The molecule has 1 heterocycles. The van der Waals surface area contributed by atoms with Crippen LogP contribution in [0.1, 0.15) is 30.1 Å². The van der Waals surface area contributed by atoms with Crippen molar-refractivity contribution in [1.82, 2.24) is 0 Å². The van der Waals surface area contributed by atoms with E-state index < -0.39 is 22.2 Å². The van der Waals surface area contributed by atoms with Crippen LogP contribution in [-0.2, 0) is 0 Å². The molecule has 0 bridgehead atoms. The topological polar surface area (TPSA) is 104 Å². The van der Waals surface area contributed by atoms with Gasteiger partial charge in [0, 0.05) is 24.8 Å². The van der Waals surface area contributed by atoms with Crippen LogP contribution in [-0.4, -0.2) is 39.8 Å². The predicted octanol–water partition coefficient (Wildman–Crippen LogP) is 1.64. The number of aliphatic hydroxyl groups is 1. The Bertz CT molecular complexity index is 546. The maximum absolute atomic E-state index is 11.1. The molecule has 1 aliphatic rings. The van der Waals surface area contributed by atoms with Gasteiger partial charge < -0.3 is 15.1 Å². The van der Waals surface area contributed by atoms with E-state index in [1.54, 1.807) is 13.0 Å². The first-order valence-electron chi connectivity index (χ1n) is 6.29. The van der Waals surface area contributed by atoms with E-state index in [0.29, 0.717) is 31.6 Å². The Balaban J connectivity index is 2.28. The average Bonchev–Trinajstić information content (AvgIpc) is 2.37. The van der Waals surface area contributed by atoms with Crippen LogP contribution in [0, 0.1) is 10.1 Å². The summed E-state index contributed by atoms with van der Waals surface area (Å²) < 4.78 is 0. The first kappa shape index (κ1) is 14.3. The van der Waals surface area contributed by atoms with Crippen molar-refractivity contribution >= 4 is 17.3 Å². The van der Waals surface area contributed by atoms with Crippen molar-refractivity contribution in [1.29, 1.82) is 0 Å². The standard InChI is InChI=1S/C13H16N2O5/c1-13(18)4-6-14(7-5-13)9-2-3-11(15(19)20)10(8-9)12(16)17/h2-3,8,18H,4-7H2,1H3,(H,16,17). The molecule has 0 atom stereocenters. The number of carboxylic acid groups (broad SMARTS) is 1. The normalized spacial score (nSPS) is 17.8. The van der Waals surface area contributed by atoms with Crippen LogP contribution < -0.4 is 4.90 Å². The lowest BCUT2D eigenvalue weighted by Gasteiger charge is -2.37. The third kappa shape index (κ3) is 2.88. The molecule has 1 aromatic rings. The number of piperidine rings is 1. The molecule has 2 rings (SSSR count). The molecule has 7 heteroatoms. The van der Waals surface area contributed by atoms with Crippen LogP contribution in [0.2, 0.25) is 0 Å². The molecule has 20 heavy (non-hydrogen) atoms. The molecule has 1 aromatic carbocycles. The summed E-state index contributed by atoms with van der Waals surface area (Å²) in [5, 5.41) is 29.7. The predicted molar refractivity (Wildman–Crippen MR) is 72.1 cm³/mol. The van der Waals surface area contributed by atoms with E-state index in [2.05, 4.69) is 0 Å². The highest BCUT2D eigenvalue weighted by Crippen LogP contribution is 2.29. The fraction of sp³-hybridized carbons (Fsp3) is 0.462. The van der Waals surface area contributed by atoms with E-state index in [1.807, 2.05) is 4.90 Å². The summed E-state index contributed by atoms with van der Waals surface area (Å²) in [5.74, 6) is -1.32. The van der Waals surface area contributed by atoms with Crippen LogP contribution in [0.15, 0.2) is 18.2 Å². The van der Waals surface area contributed by atoms with Crippen LogP contribution >= 0.6 is 0 Å². The lowest BCUT2D eigenvalue weighted by Crippen LogP contribution is -2.42. The van der Waals surface area contributed by atoms with Gasteiger partial charge in [0.15, 0.2) is 0 Å². The minimum Gasteiger partial charge on any atom is -0.477 e. The van der Waals surface area contributed by atoms with Crippen molar-refractivity contribution in [2.24, 2.45) is 0 Å². The Morgan fingerprint density at radius 2 is 2.00 bits per heavy atom. The number of aromatic carboxylic acids is 1. The molecule has 1 aliphatic heterocycles. The van der Waals surface area contributed by atoms with E-state index >= 15 is 0 Å². The zero-order valence-corrected chi connectivity index (χ0v) is 11.1. The SMILES string of the molecule is CC1(O)CCN(c2ccc([N+](=O)[O-])c(C(=O)O)c2)CC1. The zero-order valence-electron chi connectivity index (χ0n) is 11.1. The van der Waals surface area contributed by atoms with Gasteiger partial charge in [-0.2, -0.15) is 0 Å². The number of hydrogen-bond acceptors (Lipinski definition) is 5. The molecule has 7 nitrogen and oxygen atoms in total. The highest BCUT2D eigenvalue weighted by atomic mass is 16.6. The molecule has 0 radical (unpaired) electrons. The number of nitro groups is 1. The van der Waals surface area contributed by atoms with Crippen molar-refractivity contribution in [2.45, 2.75) is 25.4 Å². The van der Waals surface area contributed by atoms with E-state index in [0.717, 1.165) is 0 Å². The Morgan fingerprint density at radius 1 is 1.40 bits per heavy atom. The summed E-state index contributed by atoms with van der Waals surface area (Å²) in [7, 11) is 0. The number of anilines is 1. The first-order valence-corrected chi connectivity index (χ1v) is 6.29. The molecule has 0 aromatic heterocycles. The Kier molecular flexibility index (Phi) is 3.63. The van der Waals surface area contributed by atoms with Crippen molar-refractivity contribution < 1.29 is 19.9 Å². The molecule has 0 saturated carbocycles. The van der Waals surface area contributed by atoms with Crippen molar-refractivity contribution in [2.75, 3.05) is 18.0 Å². The molecule has 1 saturated heterocycles. The van der Waals surface area contributed by atoms with E-state index in [1.165, 1.54) is 12.1 Å². The van der Waals surface area contributed by atoms with Gasteiger partial charge in [-0.15, -0.1) is 0 Å². The lowest BCUT2D eigenvalue weighted by atomic mass is 9.93. The van der Waals surface area contributed by atoms with Crippen LogP contribution in [0.4, 0.5) is 11.4 Å². The molecule has 108 valence electrons. The number of carbonyl (C=O) groups is 1. The third-order valence-corrected chi connectivity index (χ3v) is 3.61. The van der Waals surface area contributed by atoms with E-state index in [4.69, 9.17) is 5.11 Å². The van der Waals surface area contributed by atoms with Crippen molar-refractivity contribution in [3.05, 3.63) is 33.9 Å². The minimum absolute atomic E-state index is 0.315. The number of nitro benzene ring substituents is 1. The van der Waals surface area contributed by atoms with Gasteiger partial charge >= 0.3 is 5.97 Å². The molecule has 0 amide bonds. The van der Waals surface area contributed by atoms with Gasteiger partial charge in [0.05, 0.1) is 10.5 Å². The number of carboxylic acids is 1. The van der Waals surface area contributed by atoms with Crippen molar-refractivity contribution in [3.63, 3.8) is 0 Å². The molecular weight excluding hydrogens is 264 g/mol. The second kappa shape index (κ2) is 5.09. The minimum atomic E-state index is -1.32. The molecule has 0 aliphatic carbocycles. The van der Waals surface area contributed by atoms with Gasteiger partial charge in [-0.1, -0.05) is 0 Å². The van der Waals surface area contributed by atoms with Crippen LogP contribution in [0.3, 0.4) is 0 Å². The fourth-order valence-corrected chi connectivity index (χ4v) is 2.30. The lowest BCUT2D eigenvalue weighted by molar-refractivity contribution is -0.385. The largest absolute Gasteiger partial charge is 0.477 e. The number of rotatable bonds is 3. The van der Waals surface area contributed by atoms with Gasteiger partial charge in [-0.25, -0.2) is 4.79 Å². The molecule has 0 unspecified atom stereocenters. The maximum atomic E-state index is 11.1. The number of hydrogen-bond donors (Lipinski definition) is 2. The summed E-state index contributed by atoms with van der Waals surface area (Å²) in [4.78, 5) is 23.1. The highest BCUT2D eigenvalue weighted by Gasteiger charge is 2.28. The second-order valence-corrected chi connectivity index (χ2v) is 5.25. The maximum Gasteiger partial charge on any atom is 0.342 e. The quantitative estimate of drug-likeness (QED) is 0.644. The molecular formula is C13H16N2O5. The number of nitrogens with zero attached hydrogens (tertiary/aromatic N) is 2. The van der Waals surface area contributed by atoms with Gasteiger partial charge in [-0.3, -0.25) is 10.1 Å². The van der Waals surface area contributed by atoms with E-state index in [-0.39, 0.29) is 5.56 Å². The smallest absolute Gasteiger partial charge is 0.342 e. The molecule has 0 spiro atoms. The summed E-state index contributed by atoms with van der Waals surface area (Å²) in [6, 6.07) is 4.08. The Morgan fingerprint density at radius 3 is 2.50 bits per heavy atom. The Hall–Kier alpha value is -2.15. The summed E-state index contributed by atoms with van der Waals surface area (Å²) in [6.45, 7) is 2.94. The van der Waals surface area contributed by atoms with Gasteiger partial charge in [-0.05, 0) is 31.9 Å². The highest BCUT2D eigenvalue weighted by molar-refractivity contribution is 5.93. The molecule has 2 N–H and O–H groups in total. The van der Waals surface area contributed by atoms with Gasteiger partial charge in [0.2, 0.25) is 0 Å². The number of benzene rings is 1. The van der Waals surface area contributed by atoms with Crippen LogP contribution in [0.25, 0.3) is 0 Å². The molecule has 1 fully saturated rings. The van der Waals surface area contributed by atoms with E-state index in [9.17, 15) is 20.0 Å². The summed E-state index contributed by atoms with van der Waals surface area (Å²) >= 11 is 0. The second-order valence-electron chi connectivity index (χ2n) is 5.25. The van der Waals surface area contributed by atoms with Crippen LogP contribution in [0.5, 0.6) is 0 Å². The monoisotopic (exact) mass is 280 g/mol. The average molecular weight is 280 g/mol. The Labute approximate surface area is 115 Å². The zero-order chi connectivity index (χ0) is 14.9. The first-order chi connectivity index (χ1) is 9.30. The van der Waals surface area contributed by atoms with Gasteiger partial charge in [0.1, 0.15) is 5.56 Å². The van der Waals surface area contributed by atoms with Gasteiger partial charge in [0.25, 0.3) is 5.69 Å². The summed E-state index contributed by atoms with van der Waals surface area (Å²) in [6.07, 6.45) is 1.15. The summed E-state index contributed by atoms with van der Waals surface area (Å²) in [5.41, 5.74) is -0.800. The fourth-order valence-electron chi connectivity index (χ4n) is 2.30.